The molecule has 0 amide bonds. The van der Waals surface area contributed by atoms with Crippen LogP contribution in [0, 0.1) is 0 Å². The number of hydrazine groups is 1. The molecule has 0 fully saturated rings. The smallest absolute Gasteiger partial charge is 0.208 e. The van der Waals surface area contributed by atoms with Gasteiger partial charge in [0.15, 0.2) is 0 Å². The zero-order valence-electron chi connectivity index (χ0n) is 10.7. The van der Waals surface area contributed by atoms with Crippen LogP contribution in [0.4, 0.5) is 0 Å². The molecular formula is C10H24N4O2. The summed E-state index contributed by atoms with van der Waals surface area (Å²) in [5.41, 5.74) is 2.56. The van der Waals surface area contributed by atoms with E-state index in [0.29, 0.717) is 25.7 Å². The zero-order valence-corrected chi connectivity index (χ0v) is 10.7. The van der Waals surface area contributed by atoms with Crippen molar-refractivity contribution < 1.29 is 9.47 Å². The van der Waals surface area contributed by atoms with Gasteiger partial charge in [0.05, 0.1) is 25.9 Å². The van der Waals surface area contributed by atoms with Gasteiger partial charge in [-0.15, -0.1) is 0 Å². The van der Waals surface area contributed by atoms with Crippen molar-refractivity contribution >= 4 is 5.96 Å². The SMILES string of the molecule is COCCN=C(NN)N(C)CCOC(C)C. The standard InChI is InChI=1S/C10H24N4O2/c1-9(2)16-8-6-14(3)10(13-11)12-5-7-15-4/h9H,5-8,11H2,1-4H3,(H,12,13). The van der Waals surface area contributed by atoms with Gasteiger partial charge in [0.25, 0.3) is 0 Å². The monoisotopic (exact) mass is 232 g/mol. The Morgan fingerprint density at radius 2 is 2.12 bits per heavy atom. The number of hydrogen-bond acceptors (Lipinski definition) is 4. The number of aliphatic imine (C=N–C) groups is 1. The summed E-state index contributed by atoms with van der Waals surface area (Å²) in [7, 11) is 3.56. The minimum Gasteiger partial charge on any atom is -0.383 e. The quantitative estimate of drug-likeness (QED) is 0.209. The van der Waals surface area contributed by atoms with Crippen molar-refractivity contribution in [1.29, 1.82) is 0 Å². The molecule has 6 nitrogen and oxygen atoms in total. The van der Waals surface area contributed by atoms with Crippen LogP contribution in [0.3, 0.4) is 0 Å². The van der Waals surface area contributed by atoms with Gasteiger partial charge < -0.3 is 14.4 Å². The lowest BCUT2D eigenvalue weighted by molar-refractivity contribution is 0.0721. The topological polar surface area (TPSA) is 72.1 Å². The van der Waals surface area contributed by atoms with Crippen LogP contribution < -0.4 is 11.3 Å². The number of guanidine groups is 1. The number of nitrogens with one attached hydrogen (secondary N) is 1. The highest BCUT2D eigenvalue weighted by Gasteiger charge is 2.04. The Labute approximate surface area is 97.8 Å². The molecule has 0 spiro atoms. The van der Waals surface area contributed by atoms with E-state index >= 15 is 0 Å². The predicted molar refractivity (Wildman–Crippen MR) is 65.2 cm³/mol. The summed E-state index contributed by atoms with van der Waals surface area (Å²) in [4.78, 5) is 6.17. The van der Waals surface area contributed by atoms with Crippen molar-refractivity contribution in [1.82, 2.24) is 10.3 Å². The fourth-order valence-corrected chi connectivity index (χ4v) is 1.05. The second-order valence-electron chi connectivity index (χ2n) is 3.68. The third-order valence-corrected chi connectivity index (χ3v) is 1.93. The lowest BCUT2D eigenvalue weighted by Gasteiger charge is -2.21. The highest BCUT2D eigenvalue weighted by molar-refractivity contribution is 5.79. The molecule has 0 saturated heterocycles. The number of nitrogens with two attached hydrogens (primary N) is 1. The normalized spacial score (nSPS) is 12.0. The molecule has 0 aliphatic carbocycles. The van der Waals surface area contributed by atoms with Gasteiger partial charge in [0.2, 0.25) is 5.96 Å². The van der Waals surface area contributed by atoms with E-state index in [1.165, 1.54) is 0 Å². The predicted octanol–water partition coefficient (Wildman–Crippen LogP) is -0.191. The Bertz CT molecular complexity index is 197. The Hall–Kier alpha value is -0.850. The maximum Gasteiger partial charge on any atom is 0.208 e. The fraction of sp³-hybridized carbons (Fsp3) is 0.900. The second-order valence-corrected chi connectivity index (χ2v) is 3.68. The summed E-state index contributed by atoms with van der Waals surface area (Å²) < 4.78 is 10.4. The maximum atomic E-state index is 5.44. The van der Waals surface area contributed by atoms with Crippen molar-refractivity contribution in [2.45, 2.75) is 20.0 Å². The molecule has 0 bridgehead atoms. The molecule has 0 aromatic carbocycles. The third-order valence-electron chi connectivity index (χ3n) is 1.93. The van der Waals surface area contributed by atoms with Crippen LogP contribution in [0.15, 0.2) is 4.99 Å². The summed E-state index contributed by atoms with van der Waals surface area (Å²) in [6.45, 7) is 6.59. The van der Waals surface area contributed by atoms with E-state index in [1.807, 2.05) is 25.8 Å². The summed E-state index contributed by atoms with van der Waals surface area (Å²) in [6.07, 6.45) is 0.244. The Kier molecular flexibility index (Phi) is 8.88. The van der Waals surface area contributed by atoms with Crippen LogP contribution in [0.25, 0.3) is 0 Å². The maximum absolute atomic E-state index is 5.44. The van der Waals surface area contributed by atoms with Gasteiger partial charge in [0.1, 0.15) is 0 Å². The van der Waals surface area contributed by atoms with Crippen LogP contribution in [-0.2, 0) is 9.47 Å². The fourth-order valence-electron chi connectivity index (χ4n) is 1.05. The number of nitrogens with zero attached hydrogens (tertiary/aromatic N) is 2. The minimum atomic E-state index is 0.244. The Morgan fingerprint density at radius 1 is 1.44 bits per heavy atom. The number of ether oxygens (including phenoxy) is 2. The van der Waals surface area contributed by atoms with Crippen LogP contribution in [0.2, 0.25) is 0 Å². The van der Waals surface area contributed by atoms with E-state index < -0.39 is 0 Å². The van der Waals surface area contributed by atoms with E-state index in [-0.39, 0.29) is 6.10 Å². The lowest BCUT2D eigenvalue weighted by atomic mass is 10.5. The number of methoxy groups -OCH3 is 1. The van der Waals surface area contributed by atoms with E-state index in [1.54, 1.807) is 7.11 Å². The van der Waals surface area contributed by atoms with Gasteiger partial charge in [0, 0.05) is 20.7 Å². The highest BCUT2D eigenvalue weighted by atomic mass is 16.5. The highest BCUT2D eigenvalue weighted by Crippen LogP contribution is 1.90. The first-order chi connectivity index (χ1) is 7.61. The van der Waals surface area contributed by atoms with Crippen LogP contribution >= 0.6 is 0 Å². The van der Waals surface area contributed by atoms with E-state index in [4.69, 9.17) is 15.3 Å². The largest absolute Gasteiger partial charge is 0.383 e. The molecule has 0 rings (SSSR count). The molecule has 96 valence electrons. The van der Waals surface area contributed by atoms with Gasteiger partial charge >= 0.3 is 0 Å². The molecule has 0 saturated carbocycles. The molecule has 0 atom stereocenters. The molecule has 0 radical (unpaired) electrons. The van der Waals surface area contributed by atoms with Crippen molar-refractivity contribution in [3.05, 3.63) is 0 Å². The van der Waals surface area contributed by atoms with Crippen molar-refractivity contribution in [3.8, 4) is 0 Å². The molecule has 0 aromatic heterocycles. The van der Waals surface area contributed by atoms with Gasteiger partial charge in [-0.05, 0) is 13.8 Å². The molecule has 0 aromatic rings. The summed E-state index contributed by atoms with van der Waals surface area (Å²) in [6, 6.07) is 0. The molecule has 0 aliphatic rings. The van der Waals surface area contributed by atoms with Crippen molar-refractivity contribution in [2.24, 2.45) is 10.8 Å². The molecular weight excluding hydrogens is 208 g/mol. The van der Waals surface area contributed by atoms with Crippen LogP contribution in [0.5, 0.6) is 0 Å². The molecule has 3 N–H and O–H groups in total. The summed E-state index contributed by atoms with van der Waals surface area (Å²) >= 11 is 0. The second kappa shape index (κ2) is 9.38. The summed E-state index contributed by atoms with van der Waals surface area (Å²) in [5.74, 6) is 6.03. The number of hydrogen-bond donors (Lipinski definition) is 2. The van der Waals surface area contributed by atoms with E-state index in [2.05, 4.69) is 10.4 Å². The minimum absolute atomic E-state index is 0.244. The van der Waals surface area contributed by atoms with Crippen molar-refractivity contribution in [3.63, 3.8) is 0 Å². The Morgan fingerprint density at radius 3 is 2.62 bits per heavy atom. The molecule has 0 aliphatic heterocycles. The molecule has 0 heterocycles. The zero-order chi connectivity index (χ0) is 12.4. The number of rotatable bonds is 7. The lowest BCUT2D eigenvalue weighted by Crippen LogP contribution is -2.44. The average molecular weight is 232 g/mol. The van der Waals surface area contributed by atoms with Crippen LogP contribution in [-0.4, -0.2) is 57.4 Å². The molecule has 0 unspecified atom stereocenters. The van der Waals surface area contributed by atoms with Gasteiger partial charge in [-0.25, -0.2) is 10.8 Å². The average Bonchev–Trinajstić information content (AvgIpc) is 2.23. The van der Waals surface area contributed by atoms with Gasteiger partial charge in [-0.2, -0.15) is 0 Å². The number of likely N-dealkylation sites (N-methyl/N-ethyl adjacent to an activating group) is 1. The first-order valence-corrected chi connectivity index (χ1v) is 5.44. The van der Waals surface area contributed by atoms with Crippen molar-refractivity contribution in [2.75, 3.05) is 40.5 Å². The first kappa shape index (κ1) is 15.2. The van der Waals surface area contributed by atoms with Gasteiger partial charge in [-0.1, -0.05) is 0 Å². The van der Waals surface area contributed by atoms with E-state index in [9.17, 15) is 0 Å². The molecule has 16 heavy (non-hydrogen) atoms. The van der Waals surface area contributed by atoms with E-state index in [0.717, 1.165) is 6.54 Å². The first-order valence-electron chi connectivity index (χ1n) is 5.44. The van der Waals surface area contributed by atoms with Crippen LogP contribution in [0.1, 0.15) is 13.8 Å². The molecule has 6 heteroatoms. The Balaban J connectivity index is 3.90. The third kappa shape index (κ3) is 7.44. The van der Waals surface area contributed by atoms with Gasteiger partial charge in [-0.3, -0.25) is 5.43 Å². The summed E-state index contributed by atoms with van der Waals surface area (Å²) in [5, 5.41) is 0.